The van der Waals surface area contributed by atoms with Crippen LogP contribution in [0.4, 0.5) is 0 Å². The normalized spacial score (nSPS) is 17.8. The summed E-state index contributed by atoms with van der Waals surface area (Å²) in [6.07, 6.45) is 4.72. The highest BCUT2D eigenvalue weighted by Crippen LogP contribution is 2.24. The number of aryl methyl sites for hydroxylation is 2. The maximum Gasteiger partial charge on any atom is 0.0778 e. The topological polar surface area (TPSA) is 35.2 Å². The molecule has 0 aromatic heterocycles. The molecule has 1 aliphatic rings. The van der Waals surface area contributed by atoms with Crippen molar-refractivity contribution in [3.05, 3.63) is 34.9 Å². The summed E-state index contributed by atoms with van der Waals surface area (Å²) in [5.74, 6) is 0. The number of hydrogen-bond donors (Lipinski definition) is 1. The highest BCUT2D eigenvalue weighted by atomic mass is 16.5. The molecular weight excluding hydrogens is 210 g/mol. The van der Waals surface area contributed by atoms with E-state index in [2.05, 4.69) is 32.0 Å². The van der Waals surface area contributed by atoms with Gasteiger partial charge in [-0.15, -0.1) is 0 Å². The van der Waals surface area contributed by atoms with Gasteiger partial charge in [-0.25, -0.2) is 0 Å². The summed E-state index contributed by atoms with van der Waals surface area (Å²) in [5.41, 5.74) is 9.87. The molecule has 94 valence electrons. The number of hydrogen-bond acceptors (Lipinski definition) is 2. The second-order valence-electron chi connectivity index (χ2n) is 5.25. The standard InChI is InChI=1S/C15H23NO/c1-3-15(2,11-16)17-10-12-7-8-13-5-4-6-14(13)9-12/h7-9H,3-6,10-11,16H2,1-2H3. The summed E-state index contributed by atoms with van der Waals surface area (Å²) in [6, 6.07) is 6.75. The summed E-state index contributed by atoms with van der Waals surface area (Å²) in [7, 11) is 0. The Morgan fingerprint density at radius 1 is 1.29 bits per heavy atom. The quantitative estimate of drug-likeness (QED) is 0.848. The minimum Gasteiger partial charge on any atom is -0.369 e. The van der Waals surface area contributed by atoms with Crippen LogP contribution in [-0.4, -0.2) is 12.1 Å². The number of benzene rings is 1. The predicted octanol–water partition coefficient (Wildman–Crippen LogP) is 2.82. The van der Waals surface area contributed by atoms with Crippen LogP contribution in [0.2, 0.25) is 0 Å². The Labute approximate surface area is 104 Å². The Morgan fingerprint density at radius 2 is 2.06 bits per heavy atom. The molecule has 1 atom stereocenters. The van der Waals surface area contributed by atoms with Crippen LogP contribution in [-0.2, 0) is 24.2 Å². The molecule has 2 rings (SSSR count). The van der Waals surface area contributed by atoms with E-state index in [9.17, 15) is 0 Å². The minimum atomic E-state index is -0.182. The molecule has 0 saturated heterocycles. The van der Waals surface area contributed by atoms with E-state index in [4.69, 9.17) is 10.5 Å². The molecule has 2 heteroatoms. The average Bonchev–Trinajstić information content (AvgIpc) is 2.83. The van der Waals surface area contributed by atoms with Crippen LogP contribution in [0, 0.1) is 0 Å². The van der Waals surface area contributed by atoms with Crippen LogP contribution in [0.3, 0.4) is 0 Å². The molecule has 1 aromatic carbocycles. The van der Waals surface area contributed by atoms with Gasteiger partial charge >= 0.3 is 0 Å². The van der Waals surface area contributed by atoms with Gasteiger partial charge < -0.3 is 10.5 Å². The summed E-state index contributed by atoms with van der Waals surface area (Å²) in [6.45, 7) is 5.46. The Kier molecular flexibility index (Phi) is 3.85. The molecule has 2 N–H and O–H groups in total. The fourth-order valence-corrected chi connectivity index (χ4v) is 2.28. The summed E-state index contributed by atoms with van der Waals surface area (Å²) in [5, 5.41) is 0. The van der Waals surface area contributed by atoms with Gasteiger partial charge in [0.1, 0.15) is 0 Å². The van der Waals surface area contributed by atoms with Crippen molar-refractivity contribution < 1.29 is 4.74 Å². The van der Waals surface area contributed by atoms with E-state index in [-0.39, 0.29) is 5.60 Å². The van der Waals surface area contributed by atoms with Gasteiger partial charge in [0.05, 0.1) is 12.2 Å². The minimum absolute atomic E-state index is 0.182. The third-order valence-electron chi connectivity index (χ3n) is 3.93. The molecule has 0 amide bonds. The molecule has 0 radical (unpaired) electrons. The molecular formula is C15H23NO. The number of nitrogens with two attached hydrogens (primary N) is 1. The maximum atomic E-state index is 5.95. The van der Waals surface area contributed by atoms with Gasteiger partial charge in [-0.2, -0.15) is 0 Å². The van der Waals surface area contributed by atoms with Crippen LogP contribution in [0.15, 0.2) is 18.2 Å². The van der Waals surface area contributed by atoms with Crippen LogP contribution in [0.25, 0.3) is 0 Å². The van der Waals surface area contributed by atoms with Gasteiger partial charge in [-0.3, -0.25) is 0 Å². The lowest BCUT2D eigenvalue weighted by atomic mass is 10.0. The van der Waals surface area contributed by atoms with Crippen molar-refractivity contribution in [2.24, 2.45) is 5.73 Å². The van der Waals surface area contributed by atoms with E-state index in [1.807, 2.05) is 0 Å². The fourth-order valence-electron chi connectivity index (χ4n) is 2.28. The molecule has 0 aliphatic heterocycles. The predicted molar refractivity (Wildman–Crippen MR) is 71.0 cm³/mol. The second-order valence-corrected chi connectivity index (χ2v) is 5.25. The molecule has 0 spiro atoms. The molecule has 1 aromatic rings. The van der Waals surface area contributed by atoms with E-state index >= 15 is 0 Å². The van der Waals surface area contributed by atoms with Gasteiger partial charge in [0, 0.05) is 6.54 Å². The van der Waals surface area contributed by atoms with Crippen LogP contribution in [0.1, 0.15) is 43.4 Å². The molecule has 1 unspecified atom stereocenters. The van der Waals surface area contributed by atoms with Crippen molar-refractivity contribution in [1.29, 1.82) is 0 Å². The van der Waals surface area contributed by atoms with Gasteiger partial charge in [0.15, 0.2) is 0 Å². The van der Waals surface area contributed by atoms with Gasteiger partial charge in [0.25, 0.3) is 0 Å². The van der Waals surface area contributed by atoms with E-state index in [0.717, 1.165) is 6.42 Å². The van der Waals surface area contributed by atoms with E-state index < -0.39 is 0 Å². The average molecular weight is 233 g/mol. The lowest BCUT2D eigenvalue weighted by Crippen LogP contribution is -2.36. The monoisotopic (exact) mass is 233 g/mol. The molecule has 0 heterocycles. The lowest BCUT2D eigenvalue weighted by Gasteiger charge is -2.27. The first-order chi connectivity index (χ1) is 8.17. The molecule has 1 aliphatic carbocycles. The lowest BCUT2D eigenvalue weighted by molar-refractivity contribution is -0.0388. The van der Waals surface area contributed by atoms with Crippen LogP contribution >= 0.6 is 0 Å². The van der Waals surface area contributed by atoms with Gasteiger partial charge in [0.2, 0.25) is 0 Å². The van der Waals surface area contributed by atoms with Crippen molar-refractivity contribution in [2.45, 2.75) is 51.7 Å². The Hall–Kier alpha value is -0.860. The van der Waals surface area contributed by atoms with Gasteiger partial charge in [-0.1, -0.05) is 25.1 Å². The smallest absolute Gasteiger partial charge is 0.0778 e. The SMILES string of the molecule is CCC(C)(CN)OCc1ccc2c(c1)CCC2. The molecule has 2 nitrogen and oxygen atoms in total. The maximum absolute atomic E-state index is 5.95. The zero-order chi connectivity index (χ0) is 12.3. The van der Waals surface area contributed by atoms with Crippen molar-refractivity contribution in [3.63, 3.8) is 0 Å². The Bertz CT molecular complexity index is 383. The van der Waals surface area contributed by atoms with Crippen LogP contribution < -0.4 is 5.73 Å². The van der Waals surface area contributed by atoms with E-state index in [1.54, 1.807) is 0 Å². The van der Waals surface area contributed by atoms with Crippen molar-refractivity contribution in [3.8, 4) is 0 Å². The molecule has 0 fully saturated rings. The first-order valence-electron chi connectivity index (χ1n) is 6.61. The Balaban J connectivity index is 2.00. The highest BCUT2D eigenvalue weighted by molar-refractivity contribution is 5.35. The zero-order valence-electron chi connectivity index (χ0n) is 11.0. The fraction of sp³-hybridized carbons (Fsp3) is 0.600. The molecule has 0 bridgehead atoms. The number of rotatable bonds is 5. The van der Waals surface area contributed by atoms with Crippen molar-refractivity contribution >= 4 is 0 Å². The molecule has 0 saturated carbocycles. The van der Waals surface area contributed by atoms with Crippen molar-refractivity contribution in [2.75, 3.05) is 6.54 Å². The van der Waals surface area contributed by atoms with Crippen LogP contribution in [0.5, 0.6) is 0 Å². The number of ether oxygens (including phenoxy) is 1. The summed E-state index contributed by atoms with van der Waals surface area (Å²) >= 11 is 0. The summed E-state index contributed by atoms with van der Waals surface area (Å²) in [4.78, 5) is 0. The summed E-state index contributed by atoms with van der Waals surface area (Å²) < 4.78 is 5.95. The molecule has 17 heavy (non-hydrogen) atoms. The van der Waals surface area contributed by atoms with Gasteiger partial charge in [-0.05, 0) is 49.3 Å². The number of fused-ring (bicyclic) bond motifs is 1. The highest BCUT2D eigenvalue weighted by Gasteiger charge is 2.20. The van der Waals surface area contributed by atoms with Crippen molar-refractivity contribution in [1.82, 2.24) is 0 Å². The van der Waals surface area contributed by atoms with E-state index in [1.165, 1.54) is 36.0 Å². The van der Waals surface area contributed by atoms with E-state index in [0.29, 0.717) is 13.2 Å². The second kappa shape index (κ2) is 5.19. The Morgan fingerprint density at radius 3 is 2.76 bits per heavy atom. The third-order valence-corrected chi connectivity index (χ3v) is 3.93. The third kappa shape index (κ3) is 2.88. The first-order valence-corrected chi connectivity index (χ1v) is 6.61. The largest absolute Gasteiger partial charge is 0.369 e. The first kappa shape index (κ1) is 12.6. The zero-order valence-corrected chi connectivity index (χ0v) is 11.0.